The van der Waals surface area contributed by atoms with Gasteiger partial charge >= 0.3 is 0 Å². The van der Waals surface area contributed by atoms with Crippen LogP contribution >= 0.6 is 0 Å². The number of fused-ring (bicyclic) bond motifs is 10. The Bertz CT molecular complexity index is 533. The van der Waals surface area contributed by atoms with Crippen LogP contribution in [0, 0.1) is 0 Å². The second-order valence-corrected chi connectivity index (χ2v) is 7.59. The lowest BCUT2D eigenvalue weighted by Gasteiger charge is -2.29. The Morgan fingerprint density at radius 3 is 1.23 bits per heavy atom. The Morgan fingerprint density at radius 1 is 0.636 bits per heavy atom. The van der Waals surface area contributed by atoms with Gasteiger partial charge < -0.3 is 9.47 Å². The first kappa shape index (κ1) is 13.3. The van der Waals surface area contributed by atoms with Gasteiger partial charge in [0.15, 0.2) is 0 Å². The van der Waals surface area contributed by atoms with E-state index in [9.17, 15) is 0 Å². The van der Waals surface area contributed by atoms with Crippen LogP contribution in [-0.2, 0) is 0 Å². The summed E-state index contributed by atoms with van der Waals surface area (Å²) in [6, 6.07) is 0. The van der Waals surface area contributed by atoms with Crippen LogP contribution in [0.5, 0.6) is 11.5 Å². The van der Waals surface area contributed by atoms with Crippen LogP contribution in [0.2, 0.25) is 0 Å². The molecule has 2 heteroatoms. The van der Waals surface area contributed by atoms with Gasteiger partial charge in [-0.05, 0) is 76.0 Å². The molecule has 1 aromatic carbocycles. The third-order valence-electron chi connectivity index (χ3n) is 6.63. The molecular weight excluding hydrogens is 272 g/mol. The summed E-state index contributed by atoms with van der Waals surface area (Å²) in [5.74, 6) is 5.57. The molecule has 0 heterocycles. The highest BCUT2D eigenvalue weighted by Gasteiger charge is 2.49. The molecule has 0 radical (unpaired) electrons. The van der Waals surface area contributed by atoms with Gasteiger partial charge in [-0.1, -0.05) is 0 Å². The molecular formula is C20H26O2. The fourth-order valence-electron chi connectivity index (χ4n) is 6.01. The third-order valence-corrected chi connectivity index (χ3v) is 6.63. The van der Waals surface area contributed by atoms with Crippen molar-refractivity contribution in [3.05, 3.63) is 22.3 Å². The first-order valence-electron chi connectivity index (χ1n) is 9.32. The summed E-state index contributed by atoms with van der Waals surface area (Å²) in [5, 5.41) is 0. The van der Waals surface area contributed by atoms with E-state index in [0.717, 1.165) is 36.9 Å². The Morgan fingerprint density at radius 2 is 0.955 bits per heavy atom. The highest BCUT2D eigenvalue weighted by molar-refractivity contribution is 5.68. The normalized spacial score (nSPS) is 33.2. The summed E-state index contributed by atoms with van der Waals surface area (Å²) in [7, 11) is 0. The standard InChI is InChI=1S/C20H26O2/c1-3-21-19-15-11-5-7-13(9-11)17(15)20(22-4-2)18-14-8-6-12(10-14)16(18)19/h11-14H,3-10H2,1-2H3/t11-,12+,13+,14-. The number of benzene rings is 1. The Labute approximate surface area is 133 Å². The molecule has 2 fully saturated rings. The monoisotopic (exact) mass is 298 g/mol. The fourth-order valence-corrected chi connectivity index (χ4v) is 6.01. The van der Waals surface area contributed by atoms with Gasteiger partial charge in [0.2, 0.25) is 0 Å². The molecule has 4 bridgehead atoms. The number of hydrogen-bond acceptors (Lipinski definition) is 2. The summed E-state index contributed by atoms with van der Waals surface area (Å²) < 4.78 is 12.5. The summed E-state index contributed by atoms with van der Waals surface area (Å²) in [5.41, 5.74) is 6.25. The molecule has 0 N–H and O–H groups in total. The van der Waals surface area contributed by atoms with Crippen LogP contribution in [0.15, 0.2) is 0 Å². The van der Waals surface area contributed by atoms with Crippen molar-refractivity contribution in [2.24, 2.45) is 0 Å². The molecule has 2 saturated carbocycles. The highest BCUT2D eigenvalue weighted by atomic mass is 16.5. The van der Waals surface area contributed by atoms with Crippen molar-refractivity contribution in [1.82, 2.24) is 0 Å². The van der Waals surface area contributed by atoms with Crippen molar-refractivity contribution in [2.75, 3.05) is 13.2 Å². The lowest BCUT2D eigenvalue weighted by atomic mass is 9.81. The first-order valence-corrected chi connectivity index (χ1v) is 9.32. The third kappa shape index (κ3) is 1.51. The van der Waals surface area contributed by atoms with Gasteiger partial charge in [-0.15, -0.1) is 0 Å². The molecule has 0 saturated heterocycles. The Hall–Kier alpha value is -1.18. The lowest BCUT2D eigenvalue weighted by Crippen LogP contribution is -2.13. The molecule has 0 aliphatic heterocycles. The number of rotatable bonds is 4. The SMILES string of the molecule is CCOc1c2c(c(OCC)c3c1[C@H]1CC[C@@H]3C1)[C@H]1CC[C@@H]2C1. The number of ether oxygens (including phenoxy) is 2. The molecule has 5 rings (SSSR count). The van der Waals surface area contributed by atoms with E-state index in [1.54, 1.807) is 22.3 Å². The smallest absolute Gasteiger partial charge is 0.127 e. The minimum Gasteiger partial charge on any atom is -0.493 e. The maximum absolute atomic E-state index is 6.27. The van der Waals surface area contributed by atoms with Crippen LogP contribution in [-0.4, -0.2) is 13.2 Å². The van der Waals surface area contributed by atoms with Crippen molar-refractivity contribution in [3.63, 3.8) is 0 Å². The summed E-state index contributed by atoms with van der Waals surface area (Å²) in [4.78, 5) is 0. The van der Waals surface area contributed by atoms with Crippen LogP contribution in [0.4, 0.5) is 0 Å². The zero-order valence-electron chi connectivity index (χ0n) is 13.8. The van der Waals surface area contributed by atoms with E-state index >= 15 is 0 Å². The largest absolute Gasteiger partial charge is 0.493 e. The topological polar surface area (TPSA) is 18.5 Å². The zero-order valence-corrected chi connectivity index (χ0v) is 13.8. The van der Waals surface area contributed by atoms with Gasteiger partial charge in [-0.2, -0.15) is 0 Å². The van der Waals surface area contributed by atoms with E-state index in [-0.39, 0.29) is 0 Å². The van der Waals surface area contributed by atoms with Crippen LogP contribution in [0.1, 0.15) is 98.3 Å². The van der Waals surface area contributed by atoms with Gasteiger partial charge in [-0.3, -0.25) is 0 Å². The van der Waals surface area contributed by atoms with Gasteiger partial charge in [0, 0.05) is 22.3 Å². The molecule has 0 unspecified atom stereocenters. The Kier molecular flexibility index (Phi) is 2.81. The highest BCUT2D eigenvalue weighted by Crippen LogP contribution is 2.67. The van der Waals surface area contributed by atoms with E-state index in [1.807, 2.05) is 0 Å². The number of hydrogen-bond donors (Lipinski definition) is 0. The average molecular weight is 298 g/mol. The molecule has 4 aliphatic carbocycles. The Balaban J connectivity index is 1.81. The summed E-state index contributed by atoms with van der Waals surface area (Å²) >= 11 is 0. The average Bonchev–Trinajstić information content (AvgIpc) is 3.29. The molecule has 1 aromatic rings. The molecule has 2 nitrogen and oxygen atoms in total. The quantitative estimate of drug-likeness (QED) is 0.759. The van der Waals surface area contributed by atoms with Crippen molar-refractivity contribution < 1.29 is 9.47 Å². The van der Waals surface area contributed by atoms with Crippen molar-refractivity contribution in [1.29, 1.82) is 0 Å². The van der Waals surface area contributed by atoms with Gasteiger partial charge in [0.05, 0.1) is 13.2 Å². The van der Waals surface area contributed by atoms with E-state index in [0.29, 0.717) is 0 Å². The maximum Gasteiger partial charge on any atom is 0.127 e. The minimum absolute atomic E-state index is 0.741. The van der Waals surface area contributed by atoms with E-state index in [4.69, 9.17) is 9.47 Å². The molecule has 0 amide bonds. The van der Waals surface area contributed by atoms with Gasteiger partial charge in [-0.25, -0.2) is 0 Å². The van der Waals surface area contributed by atoms with Crippen molar-refractivity contribution >= 4 is 0 Å². The van der Waals surface area contributed by atoms with E-state index in [1.165, 1.54) is 50.0 Å². The zero-order chi connectivity index (χ0) is 14.8. The second-order valence-electron chi connectivity index (χ2n) is 7.59. The maximum atomic E-state index is 6.27. The molecule has 22 heavy (non-hydrogen) atoms. The lowest BCUT2D eigenvalue weighted by molar-refractivity contribution is 0.314. The van der Waals surface area contributed by atoms with Crippen LogP contribution < -0.4 is 9.47 Å². The van der Waals surface area contributed by atoms with E-state index < -0.39 is 0 Å². The molecule has 4 atom stereocenters. The molecule has 4 aliphatic rings. The van der Waals surface area contributed by atoms with Crippen LogP contribution in [0.25, 0.3) is 0 Å². The minimum atomic E-state index is 0.741. The molecule has 118 valence electrons. The van der Waals surface area contributed by atoms with Crippen molar-refractivity contribution in [3.8, 4) is 11.5 Å². The molecule has 0 aromatic heterocycles. The predicted molar refractivity (Wildman–Crippen MR) is 87.4 cm³/mol. The van der Waals surface area contributed by atoms with Crippen LogP contribution in [0.3, 0.4) is 0 Å². The summed E-state index contributed by atoms with van der Waals surface area (Å²) in [6.07, 6.45) is 8.11. The summed E-state index contributed by atoms with van der Waals surface area (Å²) in [6.45, 7) is 5.86. The second kappa shape index (κ2) is 4.66. The van der Waals surface area contributed by atoms with Crippen molar-refractivity contribution in [2.45, 2.75) is 76.0 Å². The van der Waals surface area contributed by atoms with E-state index in [2.05, 4.69) is 13.8 Å². The predicted octanol–water partition coefficient (Wildman–Crippen LogP) is 5.21. The molecule has 0 spiro atoms. The first-order chi connectivity index (χ1) is 10.8. The van der Waals surface area contributed by atoms with Gasteiger partial charge in [0.1, 0.15) is 11.5 Å². The van der Waals surface area contributed by atoms with Gasteiger partial charge in [0.25, 0.3) is 0 Å². The fraction of sp³-hybridized carbons (Fsp3) is 0.700.